The standard InChI is InChI=1S/C14H15N5O7S2.Na/c15-13-19(25)6(4-28-13)1-7(20)17-8-10(21)18-9(12(22)23)5(2-26-14(16)24)3-27-11(8)18;/h4,8,11,15,25H,1-3H2,(H2,16,24)(H,17,20)(H,22,23);/q;+1/p-1/t8?,11-;/m1./s1. The quantitative estimate of drug-likeness (QED) is 0.187. The van der Waals surface area contributed by atoms with Crippen LogP contribution in [0, 0.1) is 5.41 Å². The molecule has 2 aliphatic heterocycles. The molecule has 1 saturated heterocycles. The van der Waals surface area contributed by atoms with Gasteiger partial charge in [-0.25, -0.2) is 4.79 Å². The number of nitrogens with two attached hydrogens (primary N) is 1. The zero-order chi connectivity index (χ0) is 20.6. The second-order valence-electron chi connectivity index (χ2n) is 5.82. The van der Waals surface area contributed by atoms with Gasteiger partial charge in [-0.2, -0.15) is 4.73 Å². The summed E-state index contributed by atoms with van der Waals surface area (Å²) < 4.78 is 5.17. The monoisotopic (exact) mass is 451 g/mol. The number of carboxylic acids is 1. The Morgan fingerprint density at radius 2 is 2.14 bits per heavy atom. The second kappa shape index (κ2) is 9.21. The number of aromatic nitrogens is 1. The predicted octanol–water partition coefficient (Wildman–Crippen LogP) is -5.69. The van der Waals surface area contributed by atoms with Gasteiger partial charge in [0.05, 0.1) is 23.8 Å². The molecule has 150 valence electrons. The molecule has 1 aromatic rings. The van der Waals surface area contributed by atoms with Crippen molar-refractivity contribution in [1.29, 1.82) is 5.41 Å². The first kappa shape index (κ1) is 23.3. The molecule has 0 spiro atoms. The molecule has 12 nitrogen and oxygen atoms in total. The van der Waals surface area contributed by atoms with Crippen molar-refractivity contribution >= 4 is 47.0 Å². The minimum absolute atomic E-state index is 0. The average molecular weight is 451 g/mol. The van der Waals surface area contributed by atoms with Gasteiger partial charge < -0.3 is 30.9 Å². The number of rotatable bonds is 6. The number of primary amides is 1. The molecule has 1 fully saturated rings. The van der Waals surface area contributed by atoms with E-state index in [-0.39, 0.29) is 64.4 Å². The van der Waals surface area contributed by atoms with Gasteiger partial charge in [-0.15, -0.1) is 23.1 Å². The Hall–Kier alpha value is -2.00. The first-order valence-electron chi connectivity index (χ1n) is 7.73. The van der Waals surface area contributed by atoms with Crippen molar-refractivity contribution in [3.05, 3.63) is 27.1 Å². The van der Waals surface area contributed by atoms with E-state index in [1.165, 1.54) is 17.1 Å². The smallest absolute Gasteiger partial charge is 0.543 e. The van der Waals surface area contributed by atoms with Gasteiger partial charge in [-0.3, -0.25) is 19.9 Å². The van der Waals surface area contributed by atoms with E-state index in [1.807, 2.05) is 0 Å². The Morgan fingerprint density at radius 3 is 2.69 bits per heavy atom. The Balaban J connectivity index is 0.00000300. The van der Waals surface area contributed by atoms with Gasteiger partial charge in [0.15, 0.2) is 0 Å². The van der Waals surface area contributed by atoms with Crippen molar-refractivity contribution in [3.8, 4) is 0 Å². The van der Waals surface area contributed by atoms with Crippen molar-refractivity contribution in [3.63, 3.8) is 0 Å². The molecule has 3 rings (SSSR count). The van der Waals surface area contributed by atoms with E-state index >= 15 is 0 Å². The summed E-state index contributed by atoms with van der Waals surface area (Å²) in [7, 11) is 0. The van der Waals surface area contributed by atoms with E-state index < -0.39 is 41.0 Å². The molecule has 5 N–H and O–H groups in total. The van der Waals surface area contributed by atoms with E-state index in [1.54, 1.807) is 0 Å². The van der Waals surface area contributed by atoms with Crippen LogP contribution in [0.2, 0.25) is 0 Å². The number of nitrogens with one attached hydrogen (secondary N) is 2. The number of amides is 3. The molecule has 3 amide bonds. The van der Waals surface area contributed by atoms with E-state index in [2.05, 4.69) is 10.1 Å². The van der Waals surface area contributed by atoms with Crippen molar-refractivity contribution in [1.82, 2.24) is 14.9 Å². The Morgan fingerprint density at radius 1 is 1.45 bits per heavy atom. The van der Waals surface area contributed by atoms with Crippen LogP contribution in [0.4, 0.5) is 4.79 Å². The third kappa shape index (κ3) is 4.61. The molecule has 1 unspecified atom stereocenters. The van der Waals surface area contributed by atoms with Crippen molar-refractivity contribution in [2.24, 2.45) is 5.73 Å². The molecule has 3 heterocycles. The van der Waals surface area contributed by atoms with E-state index in [0.717, 1.165) is 16.2 Å². The maximum atomic E-state index is 12.4. The van der Waals surface area contributed by atoms with Crippen molar-refractivity contribution in [2.75, 3.05) is 12.4 Å². The number of fused-ring (bicyclic) bond motifs is 1. The minimum Gasteiger partial charge on any atom is -0.543 e. The first-order valence-corrected chi connectivity index (χ1v) is 9.66. The largest absolute Gasteiger partial charge is 1.00 e. The first-order chi connectivity index (χ1) is 13.2. The number of hydrogen-bond acceptors (Lipinski definition) is 10. The Kier molecular flexibility index (Phi) is 7.40. The molecule has 0 saturated carbocycles. The summed E-state index contributed by atoms with van der Waals surface area (Å²) in [5, 5.41) is 31.8. The van der Waals surface area contributed by atoms with Gasteiger partial charge in [-0.1, -0.05) is 0 Å². The average Bonchev–Trinajstić information content (AvgIpc) is 2.95. The molecular weight excluding hydrogens is 437 g/mol. The molecule has 29 heavy (non-hydrogen) atoms. The third-order valence-electron chi connectivity index (χ3n) is 4.06. The van der Waals surface area contributed by atoms with Gasteiger partial charge in [0.2, 0.25) is 10.7 Å². The molecule has 0 radical (unpaired) electrons. The van der Waals surface area contributed by atoms with Crippen molar-refractivity contribution in [2.45, 2.75) is 17.8 Å². The van der Waals surface area contributed by atoms with E-state index in [9.17, 15) is 29.5 Å². The second-order valence-corrected chi connectivity index (χ2v) is 7.79. The summed E-state index contributed by atoms with van der Waals surface area (Å²) in [6.45, 7) is -0.386. The number of thioether (sulfide) groups is 1. The number of carbonyl (C=O) groups excluding carboxylic acids is 4. The number of thiazole rings is 1. The van der Waals surface area contributed by atoms with Crippen LogP contribution in [0.25, 0.3) is 0 Å². The summed E-state index contributed by atoms with van der Waals surface area (Å²) in [6, 6.07) is -0.952. The number of nitrogens with zero attached hydrogens (tertiary/aromatic N) is 2. The van der Waals surface area contributed by atoms with Crippen LogP contribution in [0.15, 0.2) is 16.7 Å². The summed E-state index contributed by atoms with van der Waals surface area (Å²) in [6.07, 6.45) is -1.34. The minimum atomic E-state index is -1.60. The number of ether oxygens (including phenoxy) is 1. The molecule has 0 aliphatic carbocycles. The fourth-order valence-corrected chi connectivity index (χ4v) is 4.78. The molecular formula is C14H14N5NaO7S2. The van der Waals surface area contributed by atoms with Crippen LogP contribution in [-0.4, -0.2) is 62.5 Å². The van der Waals surface area contributed by atoms with Gasteiger partial charge in [0, 0.05) is 16.7 Å². The normalized spacial score (nSPS) is 20.3. The Labute approximate surface area is 193 Å². The predicted molar refractivity (Wildman–Crippen MR) is 91.6 cm³/mol. The molecule has 15 heteroatoms. The van der Waals surface area contributed by atoms with Gasteiger partial charge in [0.25, 0.3) is 5.91 Å². The molecule has 0 bridgehead atoms. The van der Waals surface area contributed by atoms with Crippen molar-refractivity contribution < 1.29 is 63.8 Å². The fourth-order valence-electron chi connectivity index (χ4n) is 2.80. The number of carboxylic acid groups (broad SMARTS) is 1. The van der Waals surface area contributed by atoms with Gasteiger partial charge in [0.1, 0.15) is 18.0 Å². The Bertz CT molecular complexity index is 958. The maximum absolute atomic E-state index is 12.4. The molecule has 2 atom stereocenters. The van der Waals surface area contributed by atoms with Crippen LogP contribution < -0.4 is 50.5 Å². The summed E-state index contributed by atoms with van der Waals surface area (Å²) >= 11 is 2.13. The number of β-lactam (4-membered cyclic amide) rings is 1. The fraction of sp³-hybridized carbons (Fsp3) is 0.357. The number of hydrogen-bond donors (Lipinski definition) is 4. The third-order valence-corrected chi connectivity index (χ3v) is 6.18. The van der Waals surface area contributed by atoms with Gasteiger partial charge >= 0.3 is 35.7 Å². The summed E-state index contributed by atoms with van der Waals surface area (Å²) in [5.41, 5.74) is 4.83. The van der Waals surface area contributed by atoms with E-state index in [0.29, 0.717) is 4.73 Å². The SMILES string of the molecule is N=c1scc(CC(=O)NC2C(=O)N3C(C(=O)[O-])=C(COC(N)=O)CS[C@H]23)n1O.[Na+]. The van der Waals surface area contributed by atoms with Crippen LogP contribution >= 0.6 is 23.1 Å². The summed E-state index contributed by atoms with van der Waals surface area (Å²) in [4.78, 5) is 47.6. The maximum Gasteiger partial charge on any atom is 1.00 e. The zero-order valence-electron chi connectivity index (χ0n) is 15.0. The summed E-state index contributed by atoms with van der Waals surface area (Å²) in [5.74, 6) is -2.68. The van der Waals surface area contributed by atoms with Crippen LogP contribution in [0.5, 0.6) is 0 Å². The molecule has 2 aliphatic rings. The van der Waals surface area contributed by atoms with E-state index in [4.69, 9.17) is 11.1 Å². The number of aliphatic carboxylic acids is 1. The van der Waals surface area contributed by atoms with Crippen LogP contribution in [0.1, 0.15) is 5.69 Å². The van der Waals surface area contributed by atoms with Crippen LogP contribution in [0.3, 0.4) is 0 Å². The number of carbonyl (C=O) groups is 4. The topological polar surface area (TPSA) is 191 Å². The van der Waals surface area contributed by atoms with Crippen LogP contribution in [-0.2, 0) is 25.5 Å². The molecule has 0 aromatic carbocycles. The molecule has 1 aromatic heterocycles. The zero-order valence-corrected chi connectivity index (χ0v) is 18.7. The van der Waals surface area contributed by atoms with Gasteiger partial charge in [-0.05, 0) is 0 Å².